The number of ether oxygens (including phenoxy) is 2. The smallest absolute Gasteiger partial charge is 0.118 e. The second-order valence-corrected chi connectivity index (χ2v) is 21.6. The molecule has 0 aliphatic carbocycles. The first-order valence-corrected chi connectivity index (χ1v) is 24.8. The van der Waals surface area contributed by atoms with Crippen LogP contribution in [0.1, 0.15) is 25.0 Å². The number of carbonyl (C=O) groups excluding carboxylic acids is 2. The Balaban J connectivity index is 0.000000207. The molecule has 8 heteroatoms. The van der Waals surface area contributed by atoms with Crippen molar-refractivity contribution >= 4 is 58.3 Å². The van der Waals surface area contributed by atoms with Gasteiger partial charge in [0.2, 0.25) is 0 Å². The molecule has 324 valence electrons. The van der Waals surface area contributed by atoms with Gasteiger partial charge in [0, 0.05) is 11.9 Å². The Kier molecular flexibility index (Phi) is 18.6. The lowest BCUT2D eigenvalue weighted by molar-refractivity contribution is -0.303. The summed E-state index contributed by atoms with van der Waals surface area (Å²) in [5, 5.41) is 26.2. The van der Waals surface area contributed by atoms with Crippen LogP contribution in [-0.2, 0) is 21.9 Å². The first kappa shape index (κ1) is 48.2. The minimum atomic E-state index is -1.84. The molecule has 0 aromatic heterocycles. The molecule has 8 aromatic carbocycles. The standard InChI is InChI=1S/2C26H24OP.2C2H4O2/c2*1-27-23-19-17-22(18-20-23)21-28(24-11-5-2-6-12-24,25-13-7-3-8-14-25)26-15-9-4-10-16-26;2*1-2(3)4/h2*2-20H,21H2,1H3;2*1H3,(H,3,4)/q2*+1;;/p-2. The van der Waals surface area contributed by atoms with Gasteiger partial charge < -0.3 is 29.3 Å². The molecule has 0 heterocycles. The van der Waals surface area contributed by atoms with Gasteiger partial charge in [-0.05, 0) is 122 Å². The highest BCUT2D eigenvalue weighted by Crippen LogP contribution is 2.59. The summed E-state index contributed by atoms with van der Waals surface area (Å²) in [6.45, 7) is 1.94. The van der Waals surface area contributed by atoms with Crippen LogP contribution in [0.2, 0.25) is 0 Å². The average Bonchev–Trinajstić information content (AvgIpc) is 3.34. The third kappa shape index (κ3) is 13.1. The molecule has 0 radical (unpaired) electrons. The number of carboxylic acids is 2. The monoisotopic (exact) mass is 884 g/mol. The summed E-state index contributed by atoms with van der Waals surface area (Å²) in [5.74, 6) is -0.376. The highest BCUT2D eigenvalue weighted by Gasteiger charge is 2.46. The molecule has 0 saturated heterocycles. The summed E-state index contributed by atoms with van der Waals surface area (Å²) in [5.41, 5.74) is 2.65. The van der Waals surface area contributed by atoms with Crippen LogP contribution in [0.15, 0.2) is 231 Å². The maximum Gasteiger partial charge on any atom is 0.118 e. The van der Waals surface area contributed by atoms with Gasteiger partial charge in [-0.1, -0.05) is 133 Å². The molecule has 0 fully saturated rings. The van der Waals surface area contributed by atoms with Gasteiger partial charge in [-0.25, -0.2) is 0 Å². The zero-order valence-electron chi connectivity index (χ0n) is 36.7. The molecule has 0 bridgehead atoms. The number of carbonyl (C=O) groups is 2. The van der Waals surface area contributed by atoms with E-state index in [0.717, 1.165) is 37.7 Å². The third-order valence-corrected chi connectivity index (χ3v) is 19.1. The molecule has 0 N–H and O–H groups in total. The topological polar surface area (TPSA) is 98.7 Å². The van der Waals surface area contributed by atoms with Crippen molar-refractivity contribution in [3.63, 3.8) is 0 Å². The van der Waals surface area contributed by atoms with Crippen molar-refractivity contribution in [1.29, 1.82) is 0 Å². The van der Waals surface area contributed by atoms with Crippen LogP contribution in [0, 0.1) is 0 Å². The summed E-state index contributed by atoms with van der Waals surface area (Å²) in [6.07, 6.45) is 1.96. The summed E-state index contributed by atoms with van der Waals surface area (Å²) in [6, 6.07) is 83.0. The number of benzene rings is 8. The molecule has 0 unspecified atom stereocenters. The highest BCUT2D eigenvalue weighted by molar-refractivity contribution is 7.95. The Morgan fingerprint density at radius 3 is 0.672 bits per heavy atom. The maximum atomic E-state index is 8.89. The Bertz CT molecular complexity index is 2170. The average molecular weight is 885 g/mol. The van der Waals surface area contributed by atoms with Gasteiger partial charge in [0.1, 0.15) is 57.9 Å². The minimum absolute atomic E-state index is 0.895. The van der Waals surface area contributed by atoms with Crippen LogP contribution in [0.5, 0.6) is 11.5 Å². The Morgan fingerprint density at radius 1 is 0.344 bits per heavy atom. The van der Waals surface area contributed by atoms with E-state index in [1.165, 1.54) is 43.0 Å². The Hall–Kier alpha value is -6.84. The third-order valence-electron chi connectivity index (χ3n) is 10.3. The van der Waals surface area contributed by atoms with E-state index in [4.69, 9.17) is 29.3 Å². The Morgan fingerprint density at radius 2 is 0.516 bits per heavy atom. The predicted molar refractivity (Wildman–Crippen MR) is 265 cm³/mol. The maximum absolute atomic E-state index is 8.89. The van der Waals surface area contributed by atoms with E-state index in [2.05, 4.69) is 231 Å². The van der Waals surface area contributed by atoms with Crippen LogP contribution in [-0.4, -0.2) is 26.2 Å². The highest BCUT2D eigenvalue weighted by atomic mass is 31.2. The normalized spacial score (nSPS) is 10.6. The lowest BCUT2D eigenvalue weighted by Gasteiger charge is -2.27. The molecule has 8 aromatic rings. The Labute approximate surface area is 379 Å². The summed E-state index contributed by atoms with van der Waals surface area (Å²) in [7, 11) is -0.254. The number of hydrogen-bond donors (Lipinski definition) is 0. The van der Waals surface area contributed by atoms with Crippen molar-refractivity contribution in [2.24, 2.45) is 0 Å². The van der Waals surface area contributed by atoms with Crippen molar-refractivity contribution in [3.8, 4) is 11.5 Å². The van der Waals surface area contributed by atoms with E-state index < -0.39 is 26.5 Å². The molecule has 0 atom stereocenters. The molecule has 0 saturated carbocycles. The van der Waals surface area contributed by atoms with Crippen molar-refractivity contribution in [2.45, 2.75) is 26.2 Å². The van der Waals surface area contributed by atoms with E-state index in [-0.39, 0.29) is 0 Å². The summed E-state index contributed by atoms with van der Waals surface area (Å²) < 4.78 is 10.7. The van der Waals surface area contributed by atoms with Gasteiger partial charge in [-0.3, -0.25) is 0 Å². The fourth-order valence-electron chi connectivity index (χ4n) is 7.55. The van der Waals surface area contributed by atoms with E-state index in [1.807, 2.05) is 0 Å². The first-order chi connectivity index (χ1) is 31.1. The van der Waals surface area contributed by atoms with Gasteiger partial charge in [-0.15, -0.1) is 0 Å². The molecular weight excluding hydrogens is 831 g/mol. The summed E-state index contributed by atoms with van der Waals surface area (Å²) >= 11 is 0. The van der Waals surface area contributed by atoms with Crippen LogP contribution in [0.4, 0.5) is 0 Å². The molecule has 0 aliphatic rings. The van der Waals surface area contributed by atoms with Crippen LogP contribution in [0.3, 0.4) is 0 Å². The summed E-state index contributed by atoms with van der Waals surface area (Å²) in [4.78, 5) is 17.8. The van der Waals surface area contributed by atoms with Gasteiger partial charge in [0.05, 0.1) is 26.5 Å². The zero-order valence-corrected chi connectivity index (χ0v) is 38.5. The van der Waals surface area contributed by atoms with E-state index >= 15 is 0 Å². The van der Waals surface area contributed by atoms with E-state index in [0.29, 0.717) is 0 Å². The zero-order chi connectivity index (χ0) is 45.6. The molecular formula is C56H54O6P2. The number of hydrogen-bond acceptors (Lipinski definition) is 6. The predicted octanol–water partition coefficient (Wildman–Crippen LogP) is 7.89. The lowest BCUT2D eigenvalue weighted by Crippen LogP contribution is -2.32. The van der Waals surface area contributed by atoms with Crippen LogP contribution >= 0.6 is 14.5 Å². The number of aliphatic carboxylic acids is 2. The molecule has 0 spiro atoms. The van der Waals surface area contributed by atoms with Gasteiger partial charge in [-0.2, -0.15) is 0 Å². The van der Waals surface area contributed by atoms with Gasteiger partial charge in [0.25, 0.3) is 0 Å². The van der Waals surface area contributed by atoms with Crippen molar-refractivity contribution < 1.29 is 29.3 Å². The van der Waals surface area contributed by atoms with Crippen LogP contribution < -0.4 is 51.5 Å². The van der Waals surface area contributed by atoms with Gasteiger partial charge in [0.15, 0.2) is 0 Å². The second kappa shape index (κ2) is 24.7. The first-order valence-electron chi connectivity index (χ1n) is 20.8. The molecule has 8 rings (SSSR count). The molecule has 6 nitrogen and oxygen atoms in total. The number of carboxylic acid groups (broad SMARTS) is 2. The SMILES string of the molecule is CC(=O)[O-].CC(=O)[O-].COc1ccc(C[P+](c2ccccc2)(c2ccccc2)c2ccccc2)cc1.COc1ccc(C[P+](c2ccccc2)(c2ccccc2)c2ccccc2)cc1. The largest absolute Gasteiger partial charge is 0.550 e. The van der Waals surface area contributed by atoms with Crippen LogP contribution in [0.25, 0.3) is 0 Å². The number of methoxy groups -OCH3 is 2. The van der Waals surface area contributed by atoms with E-state index in [9.17, 15) is 0 Å². The van der Waals surface area contributed by atoms with Gasteiger partial charge >= 0.3 is 0 Å². The lowest BCUT2D eigenvalue weighted by atomic mass is 10.2. The quantitative estimate of drug-likeness (QED) is 0.116. The van der Waals surface area contributed by atoms with Crippen molar-refractivity contribution in [1.82, 2.24) is 0 Å². The molecule has 0 amide bonds. The van der Waals surface area contributed by atoms with Crippen molar-refractivity contribution in [2.75, 3.05) is 14.2 Å². The molecule has 64 heavy (non-hydrogen) atoms. The van der Waals surface area contributed by atoms with Crippen molar-refractivity contribution in [3.05, 3.63) is 242 Å². The number of rotatable bonds is 12. The fraction of sp³-hybridized carbons (Fsp3) is 0.107. The van der Waals surface area contributed by atoms with E-state index in [1.54, 1.807) is 14.2 Å². The second-order valence-electron chi connectivity index (χ2n) is 14.6. The molecule has 0 aliphatic heterocycles. The fourth-order valence-corrected chi connectivity index (χ4v) is 16.0. The minimum Gasteiger partial charge on any atom is -0.550 e.